The van der Waals surface area contributed by atoms with Crippen LogP contribution in [0.15, 0.2) is 36.9 Å². The van der Waals surface area contributed by atoms with E-state index in [2.05, 4.69) is 4.72 Å². The topological polar surface area (TPSA) is 155 Å². The van der Waals surface area contributed by atoms with Crippen molar-refractivity contribution in [3.05, 3.63) is 47.8 Å². The summed E-state index contributed by atoms with van der Waals surface area (Å²) >= 11 is 5.65. The summed E-state index contributed by atoms with van der Waals surface area (Å²) in [5, 5.41) is -0.171. The predicted octanol–water partition coefficient (Wildman–Crippen LogP) is 2.65. The van der Waals surface area contributed by atoms with Crippen molar-refractivity contribution < 1.29 is 44.9 Å². The van der Waals surface area contributed by atoms with Crippen LogP contribution in [0, 0.1) is 5.82 Å². The summed E-state index contributed by atoms with van der Waals surface area (Å²) in [5.41, 5.74) is -0.995. The van der Waals surface area contributed by atoms with Gasteiger partial charge in [0.25, 0.3) is 6.33 Å². The van der Waals surface area contributed by atoms with Crippen LogP contribution in [0.2, 0.25) is 5.02 Å². The summed E-state index contributed by atoms with van der Waals surface area (Å²) in [4.78, 5) is 27.0. The Morgan fingerprint density at radius 3 is 1.70 bits per heavy atom. The number of carbonyl (C=O) groups excluding carboxylic acids is 2. The molecule has 2 fully saturated rings. The zero-order valence-corrected chi connectivity index (χ0v) is 30.0. The molecule has 2 saturated heterocycles. The van der Waals surface area contributed by atoms with Crippen molar-refractivity contribution in [2.45, 2.75) is 52.7 Å². The Morgan fingerprint density at radius 2 is 1.30 bits per heavy atom. The Morgan fingerprint density at radius 1 is 0.830 bits per heavy atom. The third-order valence-electron chi connectivity index (χ3n) is 6.62. The number of nitrogens with zero attached hydrogens (tertiary/aromatic N) is 6. The molecule has 2 aromatic rings. The highest BCUT2D eigenvalue weighted by Crippen LogP contribution is 2.22. The molecule has 0 bridgehead atoms. The first-order chi connectivity index (χ1) is 21.6. The van der Waals surface area contributed by atoms with E-state index in [-0.39, 0.29) is 50.0 Å². The Labute approximate surface area is 281 Å². The van der Waals surface area contributed by atoms with E-state index >= 15 is 0 Å². The smallest absolute Gasteiger partial charge is 0.410 e. The zero-order chi connectivity index (χ0) is 35.4. The number of rotatable bonds is 5. The van der Waals surface area contributed by atoms with Crippen LogP contribution in [0.1, 0.15) is 41.5 Å². The minimum atomic E-state index is -3.83. The number of hydrogen-bond acceptors (Lipinski definition) is 8. The number of imidazole rings is 1. The molecule has 4 rings (SSSR count). The van der Waals surface area contributed by atoms with Crippen LogP contribution in [0.3, 0.4) is 0 Å². The molecule has 0 unspecified atom stereocenters. The largest absolute Gasteiger partial charge is 0.444 e. The maximum absolute atomic E-state index is 13.2. The number of anilines is 1. The Kier molecular flexibility index (Phi) is 12.1. The average Bonchev–Trinajstić information content (AvgIpc) is 3.41. The average molecular weight is 725 g/mol. The summed E-state index contributed by atoms with van der Waals surface area (Å²) < 4.78 is 81.2. The lowest BCUT2D eigenvalue weighted by molar-refractivity contribution is -0.670. The second-order valence-corrected chi connectivity index (χ2v) is 16.8. The van der Waals surface area contributed by atoms with Crippen molar-refractivity contribution in [3.8, 4) is 0 Å². The number of hydrogen-bond donors (Lipinski definition) is 1. The molecule has 0 saturated carbocycles. The van der Waals surface area contributed by atoms with Crippen molar-refractivity contribution in [2.24, 2.45) is 7.05 Å². The molecule has 1 aromatic heterocycles. The number of aryl methyl sites for hydroxylation is 1. The molecule has 15 nitrogen and oxygen atoms in total. The van der Waals surface area contributed by atoms with Gasteiger partial charge in [-0.25, -0.2) is 18.5 Å². The summed E-state index contributed by atoms with van der Waals surface area (Å²) in [6.07, 6.45) is 3.78. The maximum Gasteiger partial charge on any atom is 0.410 e. The second kappa shape index (κ2) is 14.9. The molecule has 0 spiro atoms. The van der Waals surface area contributed by atoms with Gasteiger partial charge in [0.05, 0.1) is 17.8 Å². The zero-order valence-electron chi connectivity index (χ0n) is 27.6. The van der Waals surface area contributed by atoms with E-state index in [1.807, 2.05) is 0 Å². The number of piperazine rings is 2. The van der Waals surface area contributed by atoms with Gasteiger partial charge in [0.2, 0.25) is 0 Å². The van der Waals surface area contributed by atoms with Crippen LogP contribution >= 0.6 is 11.6 Å². The Bertz CT molecular complexity index is 1630. The van der Waals surface area contributed by atoms with Gasteiger partial charge in [-0.2, -0.15) is 25.4 Å². The summed E-state index contributed by atoms with van der Waals surface area (Å²) in [6.45, 7) is 12.6. The molecule has 47 heavy (non-hydrogen) atoms. The number of nitrogens with one attached hydrogen (secondary N) is 1. The van der Waals surface area contributed by atoms with Gasteiger partial charge in [-0.3, -0.25) is 4.72 Å². The number of carbonyl (C=O) groups is 2. The molecule has 0 radical (unpaired) electrons. The molecule has 2 amide bonds. The minimum Gasteiger partial charge on any atom is -0.444 e. The van der Waals surface area contributed by atoms with E-state index in [4.69, 9.17) is 21.1 Å². The van der Waals surface area contributed by atoms with Gasteiger partial charge in [0.1, 0.15) is 29.4 Å². The van der Waals surface area contributed by atoms with Crippen LogP contribution in [-0.4, -0.2) is 115 Å². The lowest BCUT2D eigenvalue weighted by Gasteiger charge is -2.34. The van der Waals surface area contributed by atoms with E-state index in [0.717, 1.165) is 6.07 Å². The van der Waals surface area contributed by atoms with Crippen LogP contribution in [0.25, 0.3) is 0 Å². The highest BCUT2D eigenvalue weighted by atomic mass is 35.5. The number of ether oxygens (including phenoxy) is 2. The van der Waals surface area contributed by atoms with Crippen LogP contribution in [0.5, 0.6) is 0 Å². The molecule has 2 aliphatic rings. The molecule has 19 heteroatoms. The van der Waals surface area contributed by atoms with Gasteiger partial charge in [-0.15, -0.1) is 3.97 Å². The molecular formula is C28H44ClFN7O8S2+. The molecule has 264 valence electrons. The Hall–Kier alpha value is -3.19. The van der Waals surface area contributed by atoms with Crippen molar-refractivity contribution in [1.29, 1.82) is 0 Å². The summed E-state index contributed by atoms with van der Waals surface area (Å²) in [7, 11) is -5.65. The Balaban J connectivity index is 0.000000257. The molecule has 1 N–H and O–H groups in total. The standard InChI is InChI=1S/C15H21ClFN3O4S.C13H23N4O4S/c1-15(2,3)24-14(21)19-6-8-20(9-7-19)25(22,23)18-11-4-5-13(17)12(16)10-11;1-13(2,3)21-12(18)15-6-9-16(10-7-15)22(19,20)17-8-5-14(4)11-17/h4-5,10,18H,6-9H2,1-3H3;5,8,11H,6-7,9-10H2,1-4H3/q;+1. The lowest BCUT2D eigenvalue weighted by atomic mass is 10.2. The van der Waals surface area contributed by atoms with Gasteiger partial charge in [-0.05, 0) is 59.7 Å². The highest BCUT2D eigenvalue weighted by molar-refractivity contribution is 7.90. The fourth-order valence-corrected chi connectivity index (χ4v) is 7.08. The first-order valence-electron chi connectivity index (χ1n) is 14.8. The quantitative estimate of drug-likeness (QED) is 0.462. The fourth-order valence-electron chi connectivity index (χ4n) is 4.34. The fraction of sp³-hybridized carbons (Fsp3) is 0.607. The molecule has 0 atom stereocenters. The molecular weight excluding hydrogens is 681 g/mol. The monoisotopic (exact) mass is 724 g/mol. The number of aromatic nitrogens is 2. The first-order valence-corrected chi connectivity index (χ1v) is 18.0. The maximum atomic E-state index is 13.2. The predicted molar refractivity (Wildman–Crippen MR) is 173 cm³/mol. The molecule has 0 aliphatic carbocycles. The van der Waals surface area contributed by atoms with Crippen molar-refractivity contribution in [2.75, 3.05) is 57.1 Å². The van der Waals surface area contributed by atoms with E-state index in [1.54, 1.807) is 59.4 Å². The summed E-state index contributed by atoms with van der Waals surface area (Å²) in [5.74, 6) is -0.629. The van der Waals surface area contributed by atoms with Crippen LogP contribution in [-0.2, 0) is 36.9 Å². The van der Waals surface area contributed by atoms with Gasteiger partial charge in [0.15, 0.2) is 0 Å². The van der Waals surface area contributed by atoms with Crippen LogP contribution in [0.4, 0.5) is 19.7 Å². The van der Waals surface area contributed by atoms with Gasteiger partial charge in [-0.1, -0.05) is 11.6 Å². The SMILES string of the molecule is CC(C)(C)OC(=O)N1CCN(S(=O)(=O)Nc2ccc(F)c(Cl)c2)CC1.C[n+]1ccn(S(=O)(=O)N2CCN(C(=O)OC(C)(C)C)CC2)c1. The number of halogens is 2. The third kappa shape index (κ3) is 11.2. The van der Waals surface area contributed by atoms with Gasteiger partial charge >= 0.3 is 32.6 Å². The summed E-state index contributed by atoms with van der Waals surface area (Å²) in [6, 6.07) is 3.57. The van der Waals surface area contributed by atoms with E-state index in [9.17, 15) is 30.8 Å². The first kappa shape index (κ1) is 38.3. The lowest BCUT2D eigenvalue weighted by Crippen LogP contribution is -2.52. The van der Waals surface area contributed by atoms with Crippen molar-refractivity contribution >= 4 is 49.9 Å². The molecule has 2 aliphatic heterocycles. The second-order valence-electron chi connectivity index (χ2n) is 12.9. The number of benzene rings is 1. The van der Waals surface area contributed by atoms with E-state index < -0.39 is 49.6 Å². The van der Waals surface area contributed by atoms with Gasteiger partial charge < -0.3 is 19.3 Å². The third-order valence-corrected chi connectivity index (χ3v) is 10.2. The van der Waals surface area contributed by atoms with Crippen LogP contribution < -0.4 is 9.29 Å². The molecule has 3 heterocycles. The van der Waals surface area contributed by atoms with E-state index in [1.165, 1.54) is 47.0 Å². The number of amides is 2. The van der Waals surface area contributed by atoms with Gasteiger partial charge in [0, 0.05) is 52.4 Å². The minimum absolute atomic E-state index is 0.128. The highest BCUT2D eigenvalue weighted by Gasteiger charge is 2.35. The van der Waals surface area contributed by atoms with Crippen molar-refractivity contribution in [3.63, 3.8) is 0 Å². The molecule has 1 aromatic carbocycles. The normalized spacial score (nSPS) is 17.0. The van der Waals surface area contributed by atoms with E-state index in [0.29, 0.717) is 13.1 Å². The van der Waals surface area contributed by atoms with Crippen molar-refractivity contribution in [1.82, 2.24) is 22.4 Å².